The highest BCUT2D eigenvalue weighted by Gasteiger charge is 2.44. The van der Waals surface area contributed by atoms with Crippen molar-refractivity contribution in [2.45, 2.75) is 32.0 Å². The molecule has 1 atom stereocenters. The van der Waals surface area contributed by atoms with E-state index in [-0.39, 0.29) is 28.0 Å². The van der Waals surface area contributed by atoms with Gasteiger partial charge < -0.3 is 9.15 Å². The molecule has 190 valence electrons. The Bertz CT molecular complexity index is 1560. The van der Waals surface area contributed by atoms with Crippen LogP contribution in [0.1, 0.15) is 53.1 Å². The summed E-state index contributed by atoms with van der Waals surface area (Å²) < 4.78 is 52.2. The first-order valence-corrected chi connectivity index (χ1v) is 12.1. The van der Waals surface area contributed by atoms with Gasteiger partial charge in [0.25, 0.3) is 5.91 Å². The Kier molecular flexibility index (Phi) is 6.45. The Morgan fingerprint density at radius 3 is 2.57 bits per heavy atom. The van der Waals surface area contributed by atoms with Crippen LogP contribution in [0.2, 0.25) is 5.02 Å². The molecule has 0 bridgehead atoms. The number of amides is 1. The minimum absolute atomic E-state index is 0.0185. The fourth-order valence-electron chi connectivity index (χ4n) is 4.47. The number of hydrogen-bond donors (Lipinski definition) is 0. The average molecular weight is 528 g/mol. The predicted molar refractivity (Wildman–Crippen MR) is 134 cm³/mol. The van der Waals surface area contributed by atoms with Gasteiger partial charge in [-0.2, -0.15) is 13.2 Å². The van der Waals surface area contributed by atoms with Crippen LogP contribution in [0.5, 0.6) is 5.75 Å². The van der Waals surface area contributed by atoms with Crippen LogP contribution < -0.4 is 15.1 Å². The zero-order valence-electron chi connectivity index (χ0n) is 19.6. The number of rotatable bonds is 6. The summed E-state index contributed by atoms with van der Waals surface area (Å²) in [7, 11) is 0. The van der Waals surface area contributed by atoms with E-state index in [1.165, 1.54) is 30.3 Å². The Morgan fingerprint density at radius 2 is 1.81 bits per heavy atom. The molecular formula is C28H21ClF3NO4. The van der Waals surface area contributed by atoms with E-state index in [9.17, 15) is 22.8 Å². The first-order chi connectivity index (χ1) is 17.7. The van der Waals surface area contributed by atoms with E-state index in [4.69, 9.17) is 20.8 Å². The molecule has 9 heteroatoms. The summed E-state index contributed by atoms with van der Waals surface area (Å²) in [5, 5.41) is 0.479. The van der Waals surface area contributed by atoms with Gasteiger partial charge in [0.1, 0.15) is 11.3 Å². The number of alkyl halides is 3. The second kappa shape index (κ2) is 9.59. The molecule has 37 heavy (non-hydrogen) atoms. The first-order valence-electron chi connectivity index (χ1n) is 11.7. The molecule has 0 radical (unpaired) electrons. The van der Waals surface area contributed by atoms with Crippen LogP contribution in [0.25, 0.3) is 11.0 Å². The first kappa shape index (κ1) is 24.9. The van der Waals surface area contributed by atoms with Crippen LogP contribution in [0.3, 0.4) is 0 Å². The number of carbonyl (C=O) groups excluding carboxylic acids is 1. The Hall–Kier alpha value is -3.78. The third-order valence-electron chi connectivity index (χ3n) is 6.22. The number of anilines is 1. The van der Waals surface area contributed by atoms with E-state index in [1.54, 1.807) is 24.3 Å². The Balaban J connectivity index is 1.73. The maximum absolute atomic E-state index is 13.7. The van der Waals surface area contributed by atoms with Gasteiger partial charge in [-0.15, -0.1) is 0 Å². The number of nitrogens with zero attached hydrogens (tertiary/aromatic N) is 1. The highest BCUT2D eigenvalue weighted by atomic mass is 35.5. The fourth-order valence-corrected chi connectivity index (χ4v) is 4.64. The van der Waals surface area contributed by atoms with Crippen molar-refractivity contribution in [3.63, 3.8) is 0 Å². The molecule has 1 aromatic heterocycles. The van der Waals surface area contributed by atoms with Gasteiger partial charge in [0, 0.05) is 10.7 Å². The molecule has 1 aliphatic heterocycles. The lowest BCUT2D eigenvalue weighted by molar-refractivity contribution is -0.137. The fraction of sp³-hybridized carbons (Fsp3) is 0.214. The van der Waals surface area contributed by atoms with Crippen molar-refractivity contribution in [1.29, 1.82) is 0 Å². The summed E-state index contributed by atoms with van der Waals surface area (Å²) in [6.45, 7) is 2.51. The minimum atomic E-state index is -4.62. The van der Waals surface area contributed by atoms with E-state index in [2.05, 4.69) is 0 Å². The lowest BCUT2D eigenvalue weighted by Gasteiger charge is -2.26. The highest BCUT2D eigenvalue weighted by molar-refractivity contribution is 6.31. The number of hydrogen-bond acceptors (Lipinski definition) is 4. The molecule has 1 aliphatic rings. The van der Waals surface area contributed by atoms with E-state index < -0.39 is 29.1 Å². The normalized spacial score (nSPS) is 15.3. The molecule has 2 heterocycles. The lowest BCUT2D eigenvalue weighted by Crippen LogP contribution is -2.29. The standard InChI is InChI=1S/C28H21ClF3NO4/c1-2-3-12-36-20-9-4-6-16(13-20)24-23-25(34)21-15-18(29)10-11-22(21)37-26(23)27(35)33(24)19-8-5-7-17(14-19)28(30,31)32/h4-11,13-15,24H,2-3,12H2,1H3. The molecule has 0 saturated heterocycles. The van der Waals surface area contributed by atoms with Crippen molar-refractivity contribution >= 4 is 34.2 Å². The van der Waals surface area contributed by atoms with Crippen molar-refractivity contribution in [3.8, 4) is 5.75 Å². The summed E-state index contributed by atoms with van der Waals surface area (Å²) in [5.74, 6) is -0.422. The van der Waals surface area contributed by atoms with Crippen LogP contribution in [-0.4, -0.2) is 12.5 Å². The summed E-state index contributed by atoms with van der Waals surface area (Å²) in [4.78, 5) is 28.5. The number of benzene rings is 3. The smallest absolute Gasteiger partial charge is 0.416 e. The molecule has 5 nitrogen and oxygen atoms in total. The van der Waals surface area contributed by atoms with Gasteiger partial charge in [-0.25, -0.2) is 0 Å². The average Bonchev–Trinajstić information content (AvgIpc) is 3.17. The van der Waals surface area contributed by atoms with E-state index in [0.717, 1.165) is 29.9 Å². The molecule has 3 aromatic carbocycles. The zero-order chi connectivity index (χ0) is 26.3. The lowest BCUT2D eigenvalue weighted by atomic mass is 9.98. The maximum atomic E-state index is 13.7. The van der Waals surface area contributed by atoms with Crippen LogP contribution >= 0.6 is 11.6 Å². The Morgan fingerprint density at radius 1 is 1.03 bits per heavy atom. The predicted octanol–water partition coefficient (Wildman–Crippen LogP) is 7.39. The van der Waals surface area contributed by atoms with Gasteiger partial charge >= 0.3 is 6.18 Å². The van der Waals surface area contributed by atoms with E-state index in [1.807, 2.05) is 6.92 Å². The molecule has 0 aliphatic carbocycles. The highest BCUT2D eigenvalue weighted by Crippen LogP contribution is 2.43. The van der Waals surface area contributed by atoms with Crippen molar-refractivity contribution < 1.29 is 27.1 Å². The molecule has 1 unspecified atom stereocenters. The molecular weight excluding hydrogens is 507 g/mol. The van der Waals surface area contributed by atoms with Crippen molar-refractivity contribution in [1.82, 2.24) is 0 Å². The SMILES string of the molecule is CCCCOc1cccc(C2c3c(oc4ccc(Cl)cc4c3=O)C(=O)N2c2cccc(C(F)(F)F)c2)c1. The van der Waals surface area contributed by atoms with Gasteiger partial charge in [-0.1, -0.05) is 43.1 Å². The number of carbonyl (C=O) groups is 1. The summed E-state index contributed by atoms with van der Waals surface area (Å²) in [6.07, 6.45) is -2.85. The molecule has 0 fully saturated rings. The molecule has 4 aromatic rings. The third kappa shape index (κ3) is 4.57. The molecule has 1 amide bonds. The van der Waals surface area contributed by atoms with Crippen molar-refractivity contribution in [3.05, 3.63) is 104 Å². The van der Waals surface area contributed by atoms with Crippen molar-refractivity contribution in [2.24, 2.45) is 0 Å². The second-order valence-corrected chi connectivity index (χ2v) is 9.15. The van der Waals surface area contributed by atoms with E-state index in [0.29, 0.717) is 22.9 Å². The van der Waals surface area contributed by atoms with Crippen molar-refractivity contribution in [2.75, 3.05) is 11.5 Å². The second-order valence-electron chi connectivity index (χ2n) is 8.71. The summed E-state index contributed by atoms with van der Waals surface area (Å²) in [6, 6.07) is 14.7. The van der Waals surface area contributed by atoms with Gasteiger partial charge in [0.2, 0.25) is 5.76 Å². The molecule has 0 spiro atoms. The topological polar surface area (TPSA) is 59.8 Å². The number of fused-ring (bicyclic) bond motifs is 2. The minimum Gasteiger partial charge on any atom is -0.494 e. The van der Waals surface area contributed by atoms with Crippen LogP contribution in [0, 0.1) is 0 Å². The van der Waals surface area contributed by atoms with Gasteiger partial charge in [-0.05, 0) is 60.5 Å². The number of unbranched alkanes of at least 4 members (excludes halogenated alkanes) is 1. The third-order valence-corrected chi connectivity index (χ3v) is 6.46. The molecule has 0 N–H and O–H groups in total. The van der Waals surface area contributed by atoms with Gasteiger partial charge in [0.15, 0.2) is 5.43 Å². The quantitative estimate of drug-likeness (QED) is 0.245. The number of halogens is 4. The largest absolute Gasteiger partial charge is 0.494 e. The summed E-state index contributed by atoms with van der Waals surface area (Å²) in [5.41, 5.74) is -0.739. The van der Waals surface area contributed by atoms with Crippen LogP contribution in [0.15, 0.2) is 75.9 Å². The zero-order valence-corrected chi connectivity index (χ0v) is 20.4. The van der Waals surface area contributed by atoms with Crippen LogP contribution in [-0.2, 0) is 6.18 Å². The van der Waals surface area contributed by atoms with Crippen LogP contribution in [0.4, 0.5) is 18.9 Å². The molecule has 0 saturated carbocycles. The van der Waals surface area contributed by atoms with Gasteiger partial charge in [-0.3, -0.25) is 14.5 Å². The number of ether oxygens (including phenoxy) is 1. The summed E-state index contributed by atoms with van der Waals surface area (Å²) >= 11 is 6.11. The monoisotopic (exact) mass is 527 g/mol. The molecule has 5 rings (SSSR count). The maximum Gasteiger partial charge on any atom is 0.416 e. The van der Waals surface area contributed by atoms with E-state index >= 15 is 0 Å². The Labute approximate surface area is 215 Å². The van der Waals surface area contributed by atoms with Gasteiger partial charge in [0.05, 0.1) is 29.2 Å².